The lowest BCUT2D eigenvalue weighted by Crippen LogP contribution is -2.20. The summed E-state index contributed by atoms with van der Waals surface area (Å²) >= 11 is 0. The van der Waals surface area contributed by atoms with Crippen molar-refractivity contribution in [1.82, 2.24) is 0 Å². The van der Waals surface area contributed by atoms with Crippen LogP contribution in [0.3, 0.4) is 0 Å². The van der Waals surface area contributed by atoms with E-state index in [1.165, 1.54) is 0 Å². The summed E-state index contributed by atoms with van der Waals surface area (Å²) in [4.78, 5) is 11.2. The van der Waals surface area contributed by atoms with Crippen molar-refractivity contribution in [2.45, 2.75) is 25.7 Å². The Morgan fingerprint density at radius 3 is 2.37 bits per heavy atom. The highest BCUT2D eigenvalue weighted by Crippen LogP contribution is 2.35. The lowest BCUT2D eigenvalue weighted by molar-refractivity contribution is -0.142. The molecule has 104 valence electrons. The van der Waals surface area contributed by atoms with Crippen LogP contribution in [0.25, 0.3) is 0 Å². The zero-order valence-electron chi connectivity index (χ0n) is 11.4. The Morgan fingerprint density at radius 2 is 1.84 bits per heavy atom. The summed E-state index contributed by atoms with van der Waals surface area (Å²) in [5.74, 6) is 0.835. The molecule has 0 unspecified atom stereocenters. The summed E-state index contributed by atoms with van der Waals surface area (Å²) in [7, 11) is 3.24. The molecule has 1 aliphatic rings. The molecular formula is C15H20O4. The smallest absolute Gasteiger partial charge is 0.306 e. The highest BCUT2D eigenvalue weighted by Gasteiger charge is 2.32. The highest BCUT2D eigenvalue weighted by atomic mass is 16.5. The third-order valence-corrected chi connectivity index (χ3v) is 3.89. The van der Waals surface area contributed by atoms with E-state index in [4.69, 9.17) is 9.47 Å². The predicted molar refractivity (Wildman–Crippen MR) is 71.7 cm³/mol. The molecule has 0 bridgehead atoms. The van der Waals surface area contributed by atoms with E-state index in [1.807, 2.05) is 18.2 Å². The first kappa shape index (κ1) is 13.7. The molecule has 1 N–H and O–H groups in total. The van der Waals surface area contributed by atoms with Gasteiger partial charge in [-0.15, -0.1) is 0 Å². The lowest BCUT2D eigenvalue weighted by Gasteiger charge is -2.16. The maximum atomic E-state index is 11.2. The van der Waals surface area contributed by atoms with Crippen LogP contribution in [-0.4, -0.2) is 25.3 Å². The molecule has 4 heteroatoms. The Balaban J connectivity index is 2.16. The SMILES string of the molecule is COc1cc(C[C@H]2CCC[C@H]2C(=O)O)cc(OC)c1. The number of hydrogen-bond donors (Lipinski definition) is 1. The molecular weight excluding hydrogens is 244 g/mol. The molecule has 1 aliphatic carbocycles. The number of methoxy groups -OCH3 is 2. The number of benzene rings is 1. The maximum absolute atomic E-state index is 11.2. The fourth-order valence-electron chi connectivity index (χ4n) is 2.89. The van der Waals surface area contributed by atoms with Crippen LogP contribution in [0.1, 0.15) is 24.8 Å². The quantitative estimate of drug-likeness (QED) is 0.888. The van der Waals surface area contributed by atoms with Gasteiger partial charge in [-0.05, 0) is 42.9 Å². The van der Waals surface area contributed by atoms with Crippen molar-refractivity contribution in [2.75, 3.05) is 14.2 Å². The maximum Gasteiger partial charge on any atom is 0.306 e. The van der Waals surface area contributed by atoms with E-state index in [1.54, 1.807) is 14.2 Å². The van der Waals surface area contributed by atoms with Crippen molar-refractivity contribution < 1.29 is 19.4 Å². The Labute approximate surface area is 113 Å². The fraction of sp³-hybridized carbons (Fsp3) is 0.533. The van der Waals surface area contributed by atoms with Crippen molar-refractivity contribution in [3.8, 4) is 11.5 Å². The van der Waals surface area contributed by atoms with Gasteiger partial charge in [0.25, 0.3) is 0 Å². The molecule has 1 aromatic carbocycles. The summed E-state index contributed by atoms with van der Waals surface area (Å²) in [6.07, 6.45) is 3.55. The molecule has 1 aromatic rings. The van der Waals surface area contributed by atoms with Crippen molar-refractivity contribution in [2.24, 2.45) is 11.8 Å². The first-order valence-electron chi connectivity index (χ1n) is 6.58. The fourth-order valence-corrected chi connectivity index (χ4v) is 2.89. The van der Waals surface area contributed by atoms with Crippen molar-refractivity contribution >= 4 is 5.97 Å². The minimum absolute atomic E-state index is 0.211. The molecule has 0 aromatic heterocycles. The molecule has 2 rings (SSSR count). The number of carbonyl (C=O) groups is 1. The average molecular weight is 264 g/mol. The Kier molecular flexibility index (Phi) is 4.30. The van der Waals surface area contributed by atoms with E-state index < -0.39 is 5.97 Å². The van der Waals surface area contributed by atoms with E-state index in [-0.39, 0.29) is 11.8 Å². The van der Waals surface area contributed by atoms with E-state index >= 15 is 0 Å². The second kappa shape index (κ2) is 5.95. The number of ether oxygens (including phenoxy) is 2. The van der Waals surface area contributed by atoms with E-state index in [0.717, 1.165) is 42.7 Å². The van der Waals surface area contributed by atoms with E-state index in [0.29, 0.717) is 0 Å². The topological polar surface area (TPSA) is 55.8 Å². The highest BCUT2D eigenvalue weighted by molar-refractivity contribution is 5.70. The lowest BCUT2D eigenvalue weighted by atomic mass is 9.89. The average Bonchev–Trinajstić information content (AvgIpc) is 2.86. The van der Waals surface area contributed by atoms with Crippen LogP contribution in [-0.2, 0) is 11.2 Å². The second-order valence-corrected chi connectivity index (χ2v) is 5.06. The van der Waals surface area contributed by atoms with Crippen molar-refractivity contribution in [1.29, 1.82) is 0 Å². The van der Waals surface area contributed by atoms with Gasteiger partial charge < -0.3 is 14.6 Å². The van der Waals surface area contributed by atoms with Crippen LogP contribution < -0.4 is 9.47 Å². The van der Waals surface area contributed by atoms with Crippen molar-refractivity contribution in [3.05, 3.63) is 23.8 Å². The van der Waals surface area contributed by atoms with Crippen LogP contribution in [0.4, 0.5) is 0 Å². The van der Waals surface area contributed by atoms with E-state index in [2.05, 4.69) is 0 Å². The Bertz CT molecular complexity index is 433. The zero-order chi connectivity index (χ0) is 13.8. The van der Waals surface area contributed by atoms with Gasteiger partial charge in [0, 0.05) is 6.07 Å². The van der Waals surface area contributed by atoms with Gasteiger partial charge in [0.05, 0.1) is 20.1 Å². The standard InChI is InChI=1S/C15H20O4/c1-18-12-7-10(8-13(9-12)19-2)6-11-4-3-5-14(11)15(16)17/h7-9,11,14H,3-6H2,1-2H3,(H,16,17)/t11-,14-/m1/s1. The third kappa shape index (κ3) is 3.19. The van der Waals surface area contributed by atoms with Gasteiger partial charge in [-0.3, -0.25) is 4.79 Å². The molecule has 0 amide bonds. The monoisotopic (exact) mass is 264 g/mol. The molecule has 0 heterocycles. The molecule has 0 aliphatic heterocycles. The van der Waals surface area contributed by atoms with Crippen LogP contribution in [0, 0.1) is 11.8 Å². The van der Waals surface area contributed by atoms with Crippen LogP contribution in [0.5, 0.6) is 11.5 Å². The first-order chi connectivity index (χ1) is 9.13. The van der Waals surface area contributed by atoms with E-state index in [9.17, 15) is 9.90 Å². The first-order valence-corrected chi connectivity index (χ1v) is 6.58. The van der Waals surface area contributed by atoms with Gasteiger partial charge in [0.2, 0.25) is 0 Å². The van der Waals surface area contributed by atoms with Crippen LogP contribution in [0.2, 0.25) is 0 Å². The molecule has 0 spiro atoms. The van der Waals surface area contributed by atoms with Gasteiger partial charge in [0.1, 0.15) is 11.5 Å². The van der Waals surface area contributed by atoms with Gasteiger partial charge >= 0.3 is 5.97 Å². The molecule has 0 saturated heterocycles. The largest absolute Gasteiger partial charge is 0.497 e. The molecule has 2 atom stereocenters. The minimum atomic E-state index is -0.669. The van der Waals surface area contributed by atoms with Crippen LogP contribution >= 0.6 is 0 Å². The Morgan fingerprint density at radius 1 is 1.21 bits per heavy atom. The molecule has 1 fully saturated rings. The number of carboxylic acid groups (broad SMARTS) is 1. The third-order valence-electron chi connectivity index (χ3n) is 3.89. The summed E-state index contributed by atoms with van der Waals surface area (Å²) in [6, 6.07) is 5.74. The summed E-state index contributed by atoms with van der Waals surface area (Å²) in [6.45, 7) is 0. The second-order valence-electron chi connectivity index (χ2n) is 5.06. The zero-order valence-corrected chi connectivity index (χ0v) is 11.4. The Hall–Kier alpha value is -1.71. The summed E-state index contributed by atoms with van der Waals surface area (Å²) in [5.41, 5.74) is 1.08. The van der Waals surface area contributed by atoms with Crippen LogP contribution in [0.15, 0.2) is 18.2 Å². The number of rotatable bonds is 5. The number of carboxylic acids is 1. The van der Waals surface area contributed by atoms with Gasteiger partial charge in [-0.2, -0.15) is 0 Å². The number of aliphatic carboxylic acids is 1. The summed E-state index contributed by atoms with van der Waals surface area (Å²) < 4.78 is 10.5. The minimum Gasteiger partial charge on any atom is -0.497 e. The molecule has 1 saturated carbocycles. The molecule has 0 radical (unpaired) electrons. The van der Waals surface area contributed by atoms with Gasteiger partial charge in [-0.25, -0.2) is 0 Å². The molecule has 4 nitrogen and oxygen atoms in total. The summed E-state index contributed by atoms with van der Waals surface area (Å²) in [5, 5.41) is 9.21. The normalized spacial score (nSPS) is 22.2. The van der Waals surface area contributed by atoms with Crippen molar-refractivity contribution in [3.63, 3.8) is 0 Å². The predicted octanol–water partition coefficient (Wildman–Crippen LogP) is 2.75. The van der Waals surface area contributed by atoms with Gasteiger partial charge in [-0.1, -0.05) is 6.42 Å². The number of hydrogen-bond acceptors (Lipinski definition) is 3. The van der Waals surface area contributed by atoms with Gasteiger partial charge in [0.15, 0.2) is 0 Å². The molecule has 19 heavy (non-hydrogen) atoms.